The number of aromatic nitrogens is 2. The Morgan fingerprint density at radius 3 is 2.55 bits per heavy atom. The van der Waals surface area contributed by atoms with Gasteiger partial charge in [-0.3, -0.25) is 9.48 Å². The predicted octanol–water partition coefficient (Wildman–Crippen LogP) is 6.43. The molecule has 1 amide bonds. The highest BCUT2D eigenvalue weighted by atomic mass is 79.9. The lowest BCUT2D eigenvalue weighted by molar-refractivity contribution is 0.0992. The number of rotatable bonds is 7. The van der Waals surface area contributed by atoms with Crippen molar-refractivity contribution in [2.45, 2.75) is 13.2 Å². The largest absolute Gasteiger partial charge is 0.486 e. The predicted molar refractivity (Wildman–Crippen MR) is 123 cm³/mol. The van der Waals surface area contributed by atoms with E-state index in [2.05, 4.69) is 26.3 Å². The van der Waals surface area contributed by atoms with Crippen LogP contribution in [0.25, 0.3) is 0 Å². The molecule has 6 nitrogen and oxygen atoms in total. The molecule has 1 N–H and O–H groups in total. The number of hydrogen-bond donors (Lipinski definition) is 1. The van der Waals surface area contributed by atoms with Gasteiger partial charge in [-0.1, -0.05) is 45.2 Å². The molecule has 0 atom stereocenters. The Hall–Kier alpha value is -2.74. The SMILES string of the molecule is O=C(Nc1ccn(Cc2c(Cl)cccc2Cl)n1)c1ccc(COc2ccc(Br)cc2)o1. The van der Waals surface area contributed by atoms with Crippen molar-refractivity contribution in [2.75, 3.05) is 5.32 Å². The highest BCUT2D eigenvalue weighted by molar-refractivity contribution is 9.10. The molecular weight excluding hydrogens is 505 g/mol. The standard InChI is InChI=1S/C22H16BrCl2N3O3/c23-14-4-6-15(7-5-14)30-13-16-8-9-20(31-16)22(29)26-21-10-11-28(27-21)12-17-18(24)2-1-3-19(17)25/h1-11H,12-13H2,(H,26,27,29). The van der Waals surface area contributed by atoms with E-state index in [0.29, 0.717) is 33.9 Å². The summed E-state index contributed by atoms with van der Waals surface area (Å²) in [6.07, 6.45) is 1.73. The number of ether oxygens (including phenoxy) is 1. The first-order valence-electron chi connectivity index (χ1n) is 9.23. The molecule has 0 saturated heterocycles. The van der Waals surface area contributed by atoms with Crippen LogP contribution in [-0.2, 0) is 13.2 Å². The summed E-state index contributed by atoms with van der Waals surface area (Å²) in [4.78, 5) is 12.5. The Balaban J connectivity index is 1.35. The monoisotopic (exact) mass is 519 g/mol. The zero-order chi connectivity index (χ0) is 21.8. The van der Waals surface area contributed by atoms with E-state index in [1.807, 2.05) is 24.3 Å². The minimum Gasteiger partial charge on any atom is -0.486 e. The molecule has 4 aromatic rings. The summed E-state index contributed by atoms with van der Waals surface area (Å²) in [6.45, 7) is 0.592. The third-order valence-electron chi connectivity index (χ3n) is 4.34. The van der Waals surface area contributed by atoms with Crippen molar-refractivity contribution in [2.24, 2.45) is 0 Å². The van der Waals surface area contributed by atoms with Crippen LogP contribution in [0.3, 0.4) is 0 Å². The molecule has 0 aliphatic carbocycles. The van der Waals surface area contributed by atoms with E-state index in [-0.39, 0.29) is 12.4 Å². The van der Waals surface area contributed by atoms with E-state index in [4.69, 9.17) is 32.4 Å². The lowest BCUT2D eigenvalue weighted by Crippen LogP contribution is -2.12. The topological polar surface area (TPSA) is 69.3 Å². The number of nitrogens with zero attached hydrogens (tertiary/aromatic N) is 2. The number of hydrogen-bond acceptors (Lipinski definition) is 4. The molecule has 2 aromatic heterocycles. The molecule has 0 spiro atoms. The third-order valence-corrected chi connectivity index (χ3v) is 5.58. The highest BCUT2D eigenvalue weighted by Crippen LogP contribution is 2.25. The maximum Gasteiger partial charge on any atom is 0.292 e. The quantitative estimate of drug-likeness (QED) is 0.305. The summed E-state index contributed by atoms with van der Waals surface area (Å²) in [7, 11) is 0. The van der Waals surface area contributed by atoms with Gasteiger partial charge in [0.05, 0.1) is 6.54 Å². The number of anilines is 1. The summed E-state index contributed by atoms with van der Waals surface area (Å²) in [6, 6.07) is 17.7. The van der Waals surface area contributed by atoms with Crippen molar-refractivity contribution in [3.05, 3.63) is 98.5 Å². The van der Waals surface area contributed by atoms with Gasteiger partial charge in [0.15, 0.2) is 11.6 Å². The fraction of sp³-hybridized carbons (Fsp3) is 0.0909. The molecule has 0 fully saturated rings. The van der Waals surface area contributed by atoms with Gasteiger partial charge in [-0.25, -0.2) is 0 Å². The van der Waals surface area contributed by atoms with Gasteiger partial charge in [-0.15, -0.1) is 0 Å². The van der Waals surface area contributed by atoms with Crippen LogP contribution < -0.4 is 10.1 Å². The second kappa shape index (κ2) is 9.60. The van der Waals surface area contributed by atoms with Crippen molar-refractivity contribution in [1.82, 2.24) is 9.78 Å². The Morgan fingerprint density at radius 2 is 1.81 bits per heavy atom. The van der Waals surface area contributed by atoms with Gasteiger partial charge in [0.2, 0.25) is 0 Å². The minimum absolute atomic E-state index is 0.165. The average Bonchev–Trinajstić information content (AvgIpc) is 3.40. The molecule has 158 valence electrons. The van der Waals surface area contributed by atoms with Crippen LogP contribution in [0.2, 0.25) is 10.0 Å². The molecule has 31 heavy (non-hydrogen) atoms. The fourth-order valence-electron chi connectivity index (χ4n) is 2.80. The number of amides is 1. The lowest BCUT2D eigenvalue weighted by Gasteiger charge is -2.07. The molecule has 4 rings (SSSR count). The molecule has 2 aromatic carbocycles. The molecule has 0 aliphatic heterocycles. The maximum absolute atomic E-state index is 12.5. The van der Waals surface area contributed by atoms with Crippen LogP contribution in [0.5, 0.6) is 5.75 Å². The van der Waals surface area contributed by atoms with Crippen LogP contribution in [0.4, 0.5) is 5.82 Å². The Kier molecular flexibility index (Phi) is 6.65. The van der Waals surface area contributed by atoms with Crippen LogP contribution in [0.1, 0.15) is 21.9 Å². The van der Waals surface area contributed by atoms with Gasteiger partial charge in [0.1, 0.15) is 18.1 Å². The normalized spacial score (nSPS) is 10.8. The van der Waals surface area contributed by atoms with Gasteiger partial charge in [0.25, 0.3) is 5.91 Å². The molecular formula is C22H16BrCl2N3O3. The molecule has 0 unspecified atom stereocenters. The van der Waals surface area contributed by atoms with Crippen molar-refractivity contribution >= 4 is 50.9 Å². The summed E-state index contributed by atoms with van der Waals surface area (Å²) in [5.74, 6) is 1.38. The van der Waals surface area contributed by atoms with Crippen LogP contribution in [0, 0.1) is 0 Å². The molecule has 2 heterocycles. The molecule has 0 aliphatic rings. The van der Waals surface area contributed by atoms with E-state index in [1.165, 1.54) is 0 Å². The number of halogens is 3. The highest BCUT2D eigenvalue weighted by Gasteiger charge is 2.14. The molecule has 0 radical (unpaired) electrons. The number of carbonyl (C=O) groups is 1. The van der Waals surface area contributed by atoms with Gasteiger partial charge in [0, 0.05) is 32.3 Å². The summed E-state index contributed by atoms with van der Waals surface area (Å²) in [5.41, 5.74) is 0.758. The fourth-order valence-corrected chi connectivity index (χ4v) is 3.58. The van der Waals surface area contributed by atoms with Crippen LogP contribution in [-0.4, -0.2) is 15.7 Å². The van der Waals surface area contributed by atoms with E-state index >= 15 is 0 Å². The van der Waals surface area contributed by atoms with Gasteiger partial charge in [-0.05, 0) is 48.5 Å². The van der Waals surface area contributed by atoms with Crippen molar-refractivity contribution in [1.29, 1.82) is 0 Å². The van der Waals surface area contributed by atoms with Crippen molar-refractivity contribution in [3.8, 4) is 5.75 Å². The molecule has 0 bridgehead atoms. The Labute approximate surface area is 196 Å². The average molecular weight is 521 g/mol. The zero-order valence-corrected chi connectivity index (χ0v) is 19.1. The number of nitrogens with one attached hydrogen (secondary N) is 1. The van der Waals surface area contributed by atoms with E-state index in [1.54, 1.807) is 47.3 Å². The summed E-state index contributed by atoms with van der Waals surface area (Å²) < 4.78 is 13.8. The zero-order valence-electron chi connectivity index (χ0n) is 16.0. The van der Waals surface area contributed by atoms with E-state index in [0.717, 1.165) is 10.0 Å². The first-order chi connectivity index (χ1) is 15.0. The second-order valence-corrected chi connectivity index (χ2v) is 8.29. The minimum atomic E-state index is -0.407. The van der Waals surface area contributed by atoms with Gasteiger partial charge >= 0.3 is 0 Å². The number of carbonyl (C=O) groups excluding carboxylic acids is 1. The van der Waals surface area contributed by atoms with Gasteiger partial charge in [-0.2, -0.15) is 5.10 Å². The number of benzene rings is 2. The maximum atomic E-state index is 12.5. The lowest BCUT2D eigenvalue weighted by atomic mass is 10.2. The Morgan fingerprint density at radius 1 is 1.06 bits per heavy atom. The second-order valence-electron chi connectivity index (χ2n) is 6.56. The summed E-state index contributed by atoms with van der Waals surface area (Å²) >= 11 is 15.8. The van der Waals surface area contributed by atoms with Crippen LogP contribution in [0.15, 0.2) is 75.8 Å². The van der Waals surface area contributed by atoms with Crippen molar-refractivity contribution < 1.29 is 13.9 Å². The smallest absolute Gasteiger partial charge is 0.292 e. The van der Waals surface area contributed by atoms with E-state index in [9.17, 15) is 4.79 Å². The molecule has 0 saturated carbocycles. The van der Waals surface area contributed by atoms with Crippen LogP contribution >= 0.6 is 39.1 Å². The summed E-state index contributed by atoms with van der Waals surface area (Å²) in [5, 5.41) is 8.17. The first kappa shape index (κ1) is 21.5. The van der Waals surface area contributed by atoms with Crippen molar-refractivity contribution in [3.63, 3.8) is 0 Å². The van der Waals surface area contributed by atoms with E-state index < -0.39 is 5.91 Å². The molecule has 9 heteroatoms. The Bertz CT molecular complexity index is 1180. The number of furan rings is 1. The first-order valence-corrected chi connectivity index (χ1v) is 10.8. The van der Waals surface area contributed by atoms with Gasteiger partial charge < -0.3 is 14.5 Å². The third kappa shape index (κ3) is 5.50.